The molecule has 1 aromatic carbocycles. The van der Waals surface area contributed by atoms with E-state index >= 15 is 0 Å². The fraction of sp³-hybridized carbons (Fsp3) is 0.533. The van der Waals surface area contributed by atoms with Crippen molar-refractivity contribution in [2.45, 2.75) is 38.2 Å². The molecule has 1 rings (SSSR count). The highest BCUT2D eigenvalue weighted by Gasteiger charge is 2.25. The fourth-order valence-electron chi connectivity index (χ4n) is 1.43. The van der Waals surface area contributed by atoms with Gasteiger partial charge in [0.15, 0.2) is 0 Å². The Balaban J connectivity index is 2.59. The number of aliphatic hydroxyl groups is 1. The van der Waals surface area contributed by atoms with Crippen molar-refractivity contribution in [1.29, 1.82) is 0 Å². The summed E-state index contributed by atoms with van der Waals surface area (Å²) < 4.78 is 0. The van der Waals surface area contributed by atoms with E-state index in [9.17, 15) is 9.90 Å². The Bertz CT molecular complexity index is 413. The van der Waals surface area contributed by atoms with E-state index in [4.69, 9.17) is 0 Å². The van der Waals surface area contributed by atoms with Gasteiger partial charge in [0.1, 0.15) is 0 Å². The first-order valence-electron chi connectivity index (χ1n) is 6.60. The quantitative estimate of drug-likeness (QED) is 0.788. The molecule has 0 fully saturated rings. The zero-order chi connectivity index (χ0) is 14.5. The molecular weight excluding hydrogens is 258 g/mol. The van der Waals surface area contributed by atoms with Crippen LogP contribution in [0.15, 0.2) is 29.2 Å². The second-order valence-electron chi connectivity index (χ2n) is 5.15. The Morgan fingerprint density at radius 1 is 1.37 bits per heavy atom. The molecule has 0 bridgehead atoms. The summed E-state index contributed by atoms with van der Waals surface area (Å²) in [4.78, 5) is 13.1. The van der Waals surface area contributed by atoms with Crippen molar-refractivity contribution in [3.8, 4) is 0 Å². The smallest absolute Gasteiger partial charge is 0.251 e. The number of rotatable bonds is 6. The molecule has 0 saturated heterocycles. The van der Waals surface area contributed by atoms with Crippen LogP contribution in [0.5, 0.6) is 0 Å². The van der Waals surface area contributed by atoms with Gasteiger partial charge in [0.25, 0.3) is 5.91 Å². The molecule has 1 atom stereocenters. The summed E-state index contributed by atoms with van der Waals surface area (Å²) in [5, 5.41) is 12.9. The summed E-state index contributed by atoms with van der Waals surface area (Å²) >= 11 is 1.75. The molecule has 3 nitrogen and oxygen atoms in total. The molecule has 1 amide bonds. The number of thioether (sulfide) groups is 1. The molecule has 1 aromatic rings. The predicted molar refractivity (Wildman–Crippen MR) is 80.6 cm³/mol. The lowest BCUT2D eigenvalue weighted by Gasteiger charge is -2.27. The third-order valence-electron chi connectivity index (χ3n) is 3.28. The standard InChI is InChI=1S/C15H23NO2S/c1-5-19-13-8-6-12(7-9-13)14(17)16-10-15(4,18)11(2)3/h6-9,11,18H,5,10H2,1-4H3,(H,16,17). The Labute approximate surface area is 119 Å². The van der Waals surface area contributed by atoms with Crippen LogP contribution in [0.3, 0.4) is 0 Å². The second-order valence-corrected chi connectivity index (χ2v) is 6.49. The Morgan fingerprint density at radius 2 is 1.95 bits per heavy atom. The van der Waals surface area contributed by atoms with Crippen molar-refractivity contribution in [2.75, 3.05) is 12.3 Å². The van der Waals surface area contributed by atoms with Gasteiger partial charge < -0.3 is 10.4 Å². The molecule has 1 unspecified atom stereocenters. The largest absolute Gasteiger partial charge is 0.388 e. The summed E-state index contributed by atoms with van der Waals surface area (Å²) in [6.45, 7) is 7.96. The number of nitrogens with one attached hydrogen (secondary N) is 1. The third kappa shape index (κ3) is 4.88. The number of hydrogen-bond acceptors (Lipinski definition) is 3. The van der Waals surface area contributed by atoms with Gasteiger partial charge in [0.05, 0.1) is 5.60 Å². The minimum Gasteiger partial charge on any atom is -0.388 e. The molecule has 0 aliphatic heterocycles. The lowest BCUT2D eigenvalue weighted by atomic mass is 9.92. The highest BCUT2D eigenvalue weighted by molar-refractivity contribution is 7.99. The summed E-state index contributed by atoms with van der Waals surface area (Å²) in [5.41, 5.74) is -0.256. The van der Waals surface area contributed by atoms with Gasteiger partial charge in [-0.25, -0.2) is 0 Å². The Kier molecular flexibility index (Phi) is 5.88. The van der Waals surface area contributed by atoms with E-state index in [1.54, 1.807) is 18.7 Å². The van der Waals surface area contributed by atoms with E-state index in [0.29, 0.717) is 5.56 Å². The minimum atomic E-state index is -0.881. The monoisotopic (exact) mass is 281 g/mol. The first-order chi connectivity index (χ1) is 8.86. The number of amides is 1. The number of hydrogen-bond donors (Lipinski definition) is 2. The van der Waals surface area contributed by atoms with Gasteiger partial charge in [-0.2, -0.15) is 0 Å². The van der Waals surface area contributed by atoms with Gasteiger partial charge >= 0.3 is 0 Å². The van der Waals surface area contributed by atoms with E-state index < -0.39 is 5.60 Å². The normalized spacial score (nSPS) is 14.2. The zero-order valence-electron chi connectivity index (χ0n) is 12.1. The maximum absolute atomic E-state index is 12.0. The summed E-state index contributed by atoms with van der Waals surface area (Å²) in [6.07, 6.45) is 0. The third-order valence-corrected chi connectivity index (χ3v) is 4.17. The van der Waals surface area contributed by atoms with Gasteiger partial charge in [-0.3, -0.25) is 4.79 Å². The molecule has 0 aliphatic rings. The van der Waals surface area contributed by atoms with Crippen LogP contribution in [0, 0.1) is 5.92 Å². The fourth-order valence-corrected chi connectivity index (χ4v) is 2.10. The van der Waals surface area contributed by atoms with Crippen LogP contribution in [0.2, 0.25) is 0 Å². The first kappa shape index (κ1) is 16.1. The Morgan fingerprint density at radius 3 is 2.42 bits per heavy atom. The maximum atomic E-state index is 12.0. The van der Waals surface area contributed by atoms with Crippen molar-refractivity contribution in [3.05, 3.63) is 29.8 Å². The highest BCUT2D eigenvalue weighted by atomic mass is 32.2. The van der Waals surface area contributed by atoms with Gasteiger partial charge in [0.2, 0.25) is 0 Å². The first-order valence-corrected chi connectivity index (χ1v) is 7.59. The van der Waals surface area contributed by atoms with Crippen molar-refractivity contribution in [1.82, 2.24) is 5.32 Å². The van der Waals surface area contributed by atoms with Crippen LogP contribution in [-0.2, 0) is 0 Å². The molecule has 19 heavy (non-hydrogen) atoms. The van der Waals surface area contributed by atoms with Gasteiger partial charge in [-0.05, 0) is 42.9 Å². The van der Waals surface area contributed by atoms with Crippen molar-refractivity contribution >= 4 is 17.7 Å². The second kappa shape index (κ2) is 6.96. The highest BCUT2D eigenvalue weighted by Crippen LogP contribution is 2.18. The summed E-state index contributed by atoms with van der Waals surface area (Å²) in [7, 11) is 0. The van der Waals surface area contributed by atoms with Crippen LogP contribution in [0.1, 0.15) is 38.1 Å². The SMILES string of the molecule is CCSc1ccc(C(=O)NCC(C)(O)C(C)C)cc1. The van der Waals surface area contributed by atoms with Crippen LogP contribution < -0.4 is 5.32 Å². The van der Waals surface area contributed by atoms with Crippen LogP contribution in [-0.4, -0.2) is 28.9 Å². The number of carbonyl (C=O) groups excluding carboxylic acids is 1. The van der Waals surface area contributed by atoms with Crippen LogP contribution >= 0.6 is 11.8 Å². The molecule has 2 N–H and O–H groups in total. The van der Waals surface area contributed by atoms with Gasteiger partial charge in [-0.15, -0.1) is 11.8 Å². The molecule has 0 aliphatic carbocycles. The van der Waals surface area contributed by atoms with E-state index in [1.165, 1.54) is 0 Å². The van der Waals surface area contributed by atoms with Gasteiger partial charge in [0, 0.05) is 17.0 Å². The van der Waals surface area contributed by atoms with E-state index in [1.807, 2.05) is 38.1 Å². The average molecular weight is 281 g/mol. The van der Waals surface area contributed by atoms with E-state index in [0.717, 1.165) is 10.6 Å². The van der Waals surface area contributed by atoms with Crippen molar-refractivity contribution in [3.63, 3.8) is 0 Å². The number of carbonyl (C=O) groups is 1. The molecule has 4 heteroatoms. The van der Waals surface area contributed by atoms with Crippen LogP contribution in [0.4, 0.5) is 0 Å². The lowest BCUT2D eigenvalue weighted by Crippen LogP contribution is -2.44. The molecule has 0 aromatic heterocycles. The summed E-state index contributed by atoms with van der Waals surface area (Å²) in [6, 6.07) is 7.53. The Hall–Kier alpha value is -1.00. The minimum absolute atomic E-state index is 0.0936. The molecule has 0 saturated carbocycles. The average Bonchev–Trinajstić information content (AvgIpc) is 2.37. The predicted octanol–water partition coefficient (Wildman–Crippen LogP) is 2.94. The van der Waals surface area contributed by atoms with E-state index in [-0.39, 0.29) is 18.4 Å². The van der Waals surface area contributed by atoms with Crippen LogP contribution in [0.25, 0.3) is 0 Å². The van der Waals surface area contributed by atoms with Gasteiger partial charge in [-0.1, -0.05) is 20.8 Å². The van der Waals surface area contributed by atoms with Crippen molar-refractivity contribution < 1.29 is 9.90 Å². The topological polar surface area (TPSA) is 49.3 Å². The molecular formula is C15H23NO2S. The zero-order valence-corrected chi connectivity index (χ0v) is 12.9. The van der Waals surface area contributed by atoms with Crippen molar-refractivity contribution in [2.24, 2.45) is 5.92 Å². The lowest BCUT2D eigenvalue weighted by molar-refractivity contribution is 0.0142. The number of benzene rings is 1. The maximum Gasteiger partial charge on any atom is 0.251 e. The molecule has 0 radical (unpaired) electrons. The van der Waals surface area contributed by atoms with E-state index in [2.05, 4.69) is 12.2 Å². The molecule has 0 spiro atoms. The molecule has 106 valence electrons. The summed E-state index contributed by atoms with van der Waals surface area (Å²) in [5.74, 6) is 0.966. The molecule has 0 heterocycles.